The first-order valence-electron chi connectivity index (χ1n) is 8.44. The average molecular weight is 318 g/mol. The van der Waals surface area contributed by atoms with Gasteiger partial charge in [0.05, 0.1) is 6.04 Å². The Morgan fingerprint density at radius 1 is 1.17 bits per heavy atom. The lowest BCUT2D eigenvalue weighted by atomic mass is 10.1. The molecule has 1 heterocycles. The molecule has 2 rings (SSSR count). The Balaban J connectivity index is 1.73. The maximum absolute atomic E-state index is 12.3. The summed E-state index contributed by atoms with van der Waals surface area (Å²) in [5, 5.41) is 3.07. The number of amides is 1. The Labute approximate surface area is 140 Å². The molecule has 128 valence electrons. The number of hydrogen-bond acceptors (Lipinski definition) is 4. The van der Waals surface area contributed by atoms with Gasteiger partial charge in [0.25, 0.3) is 0 Å². The second kappa shape index (κ2) is 8.31. The van der Waals surface area contributed by atoms with E-state index in [2.05, 4.69) is 51.3 Å². The summed E-state index contributed by atoms with van der Waals surface area (Å²) >= 11 is 0. The van der Waals surface area contributed by atoms with Crippen LogP contribution in [0, 0.1) is 0 Å². The molecule has 1 aliphatic heterocycles. The number of hydrogen-bond donors (Lipinski definition) is 1. The summed E-state index contributed by atoms with van der Waals surface area (Å²) in [5.74, 6) is 0.138. The van der Waals surface area contributed by atoms with Crippen LogP contribution in [-0.4, -0.2) is 75.6 Å². The minimum atomic E-state index is -0.0418. The van der Waals surface area contributed by atoms with Crippen molar-refractivity contribution in [3.63, 3.8) is 0 Å². The summed E-state index contributed by atoms with van der Waals surface area (Å²) in [4.78, 5) is 18.9. The van der Waals surface area contributed by atoms with Crippen molar-refractivity contribution in [1.29, 1.82) is 0 Å². The van der Waals surface area contributed by atoms with Gasteiger partial charge in [-0.15, -0.1) is 0 Å². The van der Waals surface area contributed by atoms with Crippen molar-refractivity contribution in [2.45, 2.75) is 19.4 Å². The fourth-order valence-corrected chi connectivity index (χ4v) is 2.81. The highest BCUT2D eigenvalue weighted by Gasteiger charge is 2.23. The SMILES string of the molecule is CC(C(=O)NCCc1ccc(N(C)C)cc1)N1CCN(C)CC1. The number of nitrogens with zero attached hydrogens (tertiary/aromatic N) is 3. The Bertz CT molecular complexity index is 492. The van der Waals surface area contributed by atoms with Crippen molar-refractivity contribution >= 4 is 11.6 Å². The van der Waals surface area contributed by atoms with Crippen LogP contribution in [0.1, 0.15) is 12.5 Å². The standard InChI is InChI=1S/C18H30N4O/c1-15(22-13-11-21(4)12-14-22)18(23)19-10-9-16-5-7-17(8-6-16)20(2)3/h5-8,15H,9-14H2,1-4H3,(H,19,23). The van der Waals surface area contributed by atoms with Gasteiger partial charge in [0.15, 0.2) is 0 Å². The molecule has 1 N–H and O–H groups in total. The van der Waals surface area contributed by atoms with E-state index in [1.54, 1.807) is 0 Å². The quantitative estimate of drug-likeness (QED) is 0.851. The topological polar surface area (TPSA) is 38.8 Å². The molecule has 23 heavy (non-hydrogen) atoms. The summed E-state index contributed by atoms with van der Waals surface area (Å²) in [6.07, 6.45) is 0.870. The van der Waals surface area contributed by atoms with E-state index in [0.717, 1.165) is 32.6 Å². The van der Waals surface area contributed by atoms with Gasteiger partial charge in [-0.05, 0) is 38.1 Å². The summed E-state index contributed by atoms with van der Waals surface area (Å²) in [6.45, 7) is 6.71. The lowest BCUT2D eigenvalue weighted by Gasteiger charge is -2.35. The number of nitrogens with one attached hydrogen (secondary N) is 1. The molecule has 0 bridgehead atoms. The predicted molar refractivity (Wildman–Crippen MR) is 96.0 cm³/mol. The molecule has 1 amide bonds. The molecule has 1 fully saturated rings. The highest BCUT2D eigenvalue weighted by molar-refractivity contribution is 5.81. The van der Waals surface area contributed by atoms with Crippen LogP contribution in [0.25, 0.3) is 0 Å². The fourth-order valence-electron chi connectivity index (χ4n) is 2.81. The highest BCUT2D eigenvalue weighted by atomic mass is 16.2. The van der Waals surface area contributed by atoms with Crippen molar-refractivity contribution in [2.75, 3.05) is 58.8 Å². The summed E-state index contributed by atoms with van der Waals surface area (Å²) in [7, 11) is 6.20. The van der Waals surface area contributed by atoms with Gasteiger partial charge in [-0.2, -0.15) is 0 Å². The summed E-state index contributed by atoms with van der Waals surface area (Å²) in [6, 6.07) is 8.45. The number of likely N-dealkylation sites (N-methyl/N-ethyl adjacent to an activating group) is 1. The van der Waals surface area contributed by atoms with Gasteiger partial charge in [-0.25, -0.2) is 0 Å². The Morgan fingerprint density at radius 3 is 2.35 bits per heavy atom. The lowest BCUT2D eigenvalue weighted by molar-refractivity contribution is -0.126. The van der Waals surface area contributed by atoms with Crippen LogP contribution < -0.4 is 10.2 Å². The van der Waals surface area contributed by atoms with E-state index in [4.69, 9.17) is 0 Å². The Hall–Kier alpha value is -1.59. The fraction of sp³-hybridized carbons (Fsp3) is 0.611. The van der Waals surface area contributed by atoms with Crippen LogP contribution in [0.5, 0.6) is 0 Å². The van der Waals surface area contributed by atoms with Gasteiger partial charge in [-0.3, -0.25) is 9.69 Å². The molecule has 1 unspecified atom stereocenters. The van der Waals surface area contributed by atoms with E-state index in [0.29, 0.717) is 6.54 Å². The molecule has 0 radical (unpaired) electrons. The molecule has 0 aliphatic carbocycles. The van der Waals surface area contributed by atoms with Crippen molar-refractivity contribution in [3.8, 4) is 0 Å². The molecule has 0 spiro atoms. The maximum atomic E-state index is 12.3. The summed E-state index contributed by atoms with van der Waals surface area (Å²) < 4.78 is 0. The second-order valence-corrected chi connectivity index (χ2v) is 6.62. The van der Waals surface area contributed by atoms with Crippen molar-refractivity contribution in [2.24, 2.45) is 0 Å². The van der Waals surface area contributed by atoms with E-state index in [1.807, 2.05) is 21.0 Å². The number of anilines is 1. The molecule has 1 aliphatic rings. The molecule has 1 saturated heterocycles. The molecule has 1 aromatic rings. The molecule has 0 aromatic heterocycles. The monoisotopic (exact) mass is 318 g/mol. The molecule has 0 saturated carbocycles. The first kappa shape index (κ1) is 17.8. The van der Waals surface area contributed by atoms with Gasteiger partial charge in [0, 0.05) is 52.5 Å². The molecular formula is C18H30N4O. The van der Waals surface area contributed by atoms with Crippen LogP contribution >= 0.6 is 0 Å². The van der Waals surface area contributed by atoms with Crippen LogP contribution in [0.3, 0.4) is 0 Å². The van der Waals surface area contributed by atoms with Gasteiger partial charge in [-0.1, -0.05) is 12.1 Å². The van der Waals surface area contributed by atoms with Gasteiger partial charge in [0.1, 0.15) is 0 Å². The number of benzene rings is 1. The average Bonchev–Trinajstić information content (AvgIpc) is 2.55. The van der Waals surface area contributed by atoms with Crippen LogP contribution in [0.15, 0.2) is 24.3 Å². The van der Waals surface area contributed by atoms with Gasteiger partial charge in [0.2, 0.25) is 5.91 Å². The first-order valence-corrected chi connectivity index (χ1v) is 8.44. The van der Waals surface area contributed by atoms with Gasteiger partial charge >= 0.3 is 0 Å². The minimum Gasteiger partial charge on any atom is -0.378 e. The van der Waals surface area contributed by atoms with Crippen LogP contribution in [0.4, 0.5) is 5.69 Å². The van der Waals surface area contributed by atoms with E-state index >= 15 is 0 Å². The zero-order valence-electron chi connectivity index (χ0n) is 14.9. The Morgan fingerprint density at radius 2 is 1.78 bits per heavy atom. The molecule has 5 nitrogen and oxygen atoms in total. The smallest absolute Gasteiger partial charge is 0.237 e. The predicted octanol–water partition coefficient (Wildman–Crippen LogP) is 1.05. The molecule has 1 aromatic carbocycles. The summed E-state index contributed by atoms with van der Waals surface area (Å²) in [5.41, 5.74) is 2.45. The normalized spacial score (nSPS) is 17.7. The molecule has 5 heteroatoms. The zero-order valence-corrected chi connectivity index (χ0v) is 14.9. The zero-order chi connectivity index (χ0) is 16.8. The van der Waals surface area contributed by atoms with Crippen LogP contribution in [-0.2, 0) is 11.2 Å². The first-order chi connectivity index (χ1) is 11.0. The van der Waals surface area contributed by atoms with E-state index in [9.17, 15) is 4.79 Å². The molecule has 1 atom stereocenters. The van der Waals surface area contributed by atoms with Crippen molar-refractivity contribution in [3.05, 3.63) is 29.8 Å². The highest BCUT2D eigenvalue weighted by Crippen LogP contribution is 2.12. The molecular weight excluding hydrogens is 288 g/mol. The Kier molecular flexibility index (Phi) is 6.42. The minimum absolute atomic E-state index is 0.0418. The van der Waals surface area contributed by atoms with Crippen molar-refractivity contribution < 1.29 is 4.79 Å². The third kappa shape index (κ3) is 5.22. The number of rotatable bonds is 6. The third-order valence-corrected chi connectivity index (χ3v) is 4.63. The van der Waals surface area contributed by atoms with Crippen molar-refractivity contribution in [1.82, 2.24) is 15.1 Å². The van der Waals surface area contributed by atoms with Crippen LogP contribution in [0.2, 0.25) is 0 Å². The maximum Gasteiger partial charge on any atom is 0.237 e. The van der Waals surface area contributed by atoms with E-state index in [-0.39, 0.29) is 11.9 Å². The third-order valence-electron chi connectivity index (χ3n) is 4.63. The largest absolute Gasteiger partial charge is 0.378 e. The van der Waals surface area contributed by atoms with Gasteiger partial charge < -0.3 is 15.1 Å². The number of carbonyl (C=O) groups is 1. The number of piperazine rings is 1. The number of carbonyl (C=O) groups excluding carboxylic acids is 1. The van der Waals surface area contributed by atoms with E-state index < -0.39 is 0 Å². The van der Waals surface area contributed by atoms with E-state index in [1.165, 1.54) is 11.3 Å². The second-order valence-electron chi connectivity index (χ2n) is 6.62. The lowest BCUT2D eigenvalue weighted by Crippen LogP contribution is -2.53.